The molecule has 2 aromatic heterocycles. The minimum Gasteiger partial charge on any atom is -0.286 e. The van der Waals surface area contributed by atoms with E-state index in [2.05, 4.69) is 27.3 Å². The fourth-order valence-electron chi connectivity index (χ4n) is 1.23. The molecule has 0 amide bonds. The van der Waals surface area contributed by atoms with Gasteiger partial charge in [0.2, 0.25) is 0 Å². The Morgan fingerprint density at radius 1 is 0.875 bits per heavy atom. The SMILES string of the molecule is C.c1ccc2ncccc2c1.c1cn[nH]c1. The summed E-state index contributed by atoms with van der Waals surface area (Å²) < 4.78 is 0. The van der Waals surface area contributed by atoms with Gasteiger partial charge in [0, 0.05) is 24.0 Å². The first-order valence-corrected chi connectivity index (χ1v) is 4.70. The number of nitrogens with one attached hydrogen (secondary N) is 1. The molecule has 0 aliphatic heterocycles. The summed E-state index contributed by atoms with van der Waals surface area (Å²) in [5.41, 5.74) is 1.06. The van der Waals surface area contributed by atoms with Gasteiger partial charge in [0.25, 0.3) is 0 Å². The van der Waals surface area contributed by atoms with Crippen molar-refractivity contribution < 1.29 is 0 Å². The number of aromatic amines is 1. The summed E-state index contributed by atoms with van der Waals surface area (Å²) >= 11 is 0. The monoisotopic (exact) mass is 213 g/mol. The third-order valence-electron chi connectivity index (χ3n) is 1.92. The molecule has 3 nitrogen and oxygen atoms in total. The number of rotatable bonds is 0. The lowest BCUT2D eigenvalue weighted by atomic mass is 10.2. The van der Waals surface area contributed by atoms with Crippen LogP contribution in [0.3, 0.4) is 0 Å². The topological polar surface area (TPSA) is 41.6 Å². The van der Waals surface area contributed by atoms with E-state index in [0.717, 1.165) is 5.52 Å². The van der Waals surface area contributed by atoms with Gasteiger partial charge in [-0.2, -0.15) is 5.10 Å². The Balaban J connectivity index is 0.000000183. The third-order valence-corrected chi connectivity index (χ3v) is 1.92. The highest BCUT2D eigenvalue weighted by Gasteiger charge is 1.86. The van der Waals surface area contributed by atoms with Crippen molar-refractivity contribution >= 4 is 10.9 Å². The molecule has 0 spiro atoms. The predicted octanol–water partition coefficient (Wildman–Crippen LogP) is 3.28. The largest absolute Gasteiger partial charge is 0.286 e. The molecule has 0 aliphatic rings. The van der Waals surface area contributed by atoms with Crippen LogP contribution in [0.5, 0.6) is 0 Å². The molecular formula is C13H15N3. The molecule has 0 radical (unpaired) electrons. The van der Waals surface area contributed by atoms with Crippen molar-refractivity contribution in [2.24, 2.45) is 0 Å². The van der Waals surface area contributed by atoms with Gasteiger partial charge >= 0.3 is 0 Å². The number of benzene rings is 1. The summed E-state index contributed by atoms with van der Waals surface area (Å²) in [4.78, 5) is 4.18. The van der Waals surface area contributed by atoms with Gasteiger partial charge in [-0.15, -0.1) is 0 Å². The second-order valence-electron chi connectivity index (χ2n) is 2.96. The average molecular weight is 213 g/mol. The van der Waals surface area contributed by atoms with E-state index >= 15 is 0 Å². The highest BCUT2D eigenvalue weighted by Crippen LogP contribution is 2.07. The fraction of sp³-hybridized carbons (Fsp3) is 0.0769. The van der Waals surface area contributed by atoms with Crippen LogP contribution in [0.4, 0.5) is 0 Å². The van der Waals surface area contributed by atoms with Crippen LogP contribution in [0.1, 0.15) is 7.43 Å². The normalized spacial score (nSPS) is 8.75. The predicted molar refractivity (Wildman–Crippen MR) is 67.1 cm³/mol. The Kier molecular flexibility index (Phi) is 4.73. The Bertz CT molecular complexity index is 421. The maximum Gasteiger partial charge on any atom is 0.0701 e. The van der Waals surface area contributed by atoms with Crippen LogP contribution in [-0.4, -0.2) is 15.2 Å². The van der Waals surface area contributed by atoms with Crippen molar-refractivity contribution in [3.63, 3.8) is 0 Å². The van der Waals surface area contributed by atoms with Crippen molar-refractivity contribution in [2.45, 2.75) is 7.43 Å². The Morgan fingerprint density at radius 3 is 2.31 bits per heavy atom. The van der Waals surface area contributed by atoms with Crippen molar-refractivity contribution in [1.29, 1.82) is 0 Å². The molecule has 0 bridgehead atoms. The van der Waals surface area contributed by atoms with E-state index in [9.17, 15) is 0 Å². The quantitative estimate of drug-likeness (QED) is 0.622. The molecule has 3 rings (SSSR count). The first kappa shape index (κ1) is 11.9. The van der Waals surface area contributed by atoms with Crippen molar-refractivity contribution in [1.82, 2.24) is 15.2 Å². The van der Waals surface area contributed by atoms with Crippen LogP contribution in [0.25, 0.3) is 10.9 Å². The summed E-state index contributed by atoms with van der Waals surface area (Å²) in [6.07, 6.45) is 5.27. The second-order valence-corrected chi connectivity index (χ2v) is 2.96. The van der Waals surface area contributed by atoms with Gasteiger partial charge in [-0.05, 0) is 18.2 Å². The van der Waals surface area contributed by atoms with E-state index in [1.807, 2.05) is 36.5 Å². The van der Waals surface area contributed by atoms with Crippen LogP contribution in [0.2, 0.25) is 0 Å². The number of hydrogen-bond donors (Lipinski definition) is 1. The lowest BCUT2D eigenvalue weighted by molar-refractivity contribution is 1.09. The number of aromatic nitrogens is 3. The minimum atomic E-state index is 0. The lowest BCUT2D eigenvalue weighted by Gasteiger charge is -1.91. The van der Waals surface area contributed by atoms with E-state index in [1.54, 1.807) is 12.4 Å². The van der Waals surface area contributed by atoms with Crippen LogP contribution in [0.15, 0.2) is 61.1 Å². The van der Waals surface area contributed by atoms with Crippen LogP contribution in [-0.2, 0) is 0 Å². The molecule has 82 valence electrons. The summed E-state index contributed by atoms with van der Waals surface area (Å²) in [5.74, 6) is 0. The lowest BCUT2D eigenvalue weighted by Crippen LogP contribution is -1.73. The molecule has 0 saturated carbocycles. The van der Waals surface area contributed by atoms with Crippen LogP contribution in [0, 0.1) is 0 Å². The van der Waals surface area contributed by atoms with E-state index in [1.165, 1.54) is 5.39 Å². The molecule has 0 saturated heterocycles. The molecule has 1 aromatic carbocycles. The second kappa shape index (κ2) is 6.35. The molecule has 0 aliphatic carbocycles. The Morgan fingerprint density at radius 2 is 1.69 bits per heavy atom. The van der Waals surface area contributed by atoms with E-state index in [-0.39, 0.29) is 7.43 Å². The number of pyridine rings is 1. The molecule has 0 atom stereocenters. The van der Waals surface area contributed by atoms with Gasteiger partial charge in [0.1, 0.15) is 0 Å². The number of nitrogens with zero attached hydrogens (tertiary/aromatic N) is 2. The molecule has 2 heterocycles. The highest BCUT2D eigenvalue weighted by molar-refractivity contribution is 5.77. The third kappa shape index (κ3) is 3.20. The van der Waals surface area contributed by atoms with Crippen molar-refractivity contribution in [3.8, 4) is 0 Å². The number of para-hydroxylation sites is 1. The summed E-state index contributed by atoms with van der Waals surface area (Å²) in [6.45, 7) is 0. The van der Waals surface area contributed by atoms with Gasteiger partial charge in [-0.25, -0.2) is 0 Å². The zero-order chi connectivity index (χ0) is 10.3. The first-order valence-electron chi connectivity index (χ1n) is 4.70. The Hall–Kier alpha value is -2.16. The van der Waals surface area contributed by atoms with Crippen LogP contribution >= 0.6 is 0 Å². The van der Waals surface area contributed by atoms with Gasteiger partial charge in [0.15, 0.2) is 0 Å². The number of hydrogen-bond acceptors (Lipinski definition) is 2. The Labute approximate surface area is 95.2 Å². The van der Waals surface area contributed by atoms with Crippen LogP contribution < -0.4 is 0 Å². The molecule has 16 heavy (non-hydrogen) atoms. The van der Waals surface area contributed by atoms with Crippen molar-refractivity contribution in [2.75, 3.05) is 0 Å². The van der Waals surface area contributed by atoms with E-state index in [0.29, 0.717) is 0 Å². The zero-order valence-corrected chi connectivity index (χ0v) is 8.17. The molecule has 0 unspecified atom stereocenters. The highest BCUT2D eigenvalue weighted by atomic mass is 15.1. The fourth-order valence-corrected chi connectivity index (χ4v) is 1.23. The summed E-state index contributed by atoms with van der Waals surface area (Å²) in [5, 5.41) is 7.41. The smallest absolute Gasteiger partial charge is 0.0701 e. The number of H-pyrrole nitrogens is 1. The molecule has 3 heteroatoms. The molecular weight excluding hydrogens is 198 g/mol. The zero-order valence-electron chi connectivity index (χ0n) is 8.17. The first-order chi connectivity index (χ1) is 7.47. The minimum absolute atomic E-state index is 0. The van der Waals surface area contributed by atoms with E-state index < -0.39 is 0 Å². The van der Waals surface area contributed by atoms with Gasteiger partial charge < -0.3 is 0 Å². The standard InChI is InChI=1S/C9H7N.C3H4N2.CH4/c1-2-6-9-8(4-1)5-3-7-10-9;1-2-4-5-3-1;/h1-7H;1-3H,(H,4,5);1H4. The maximum absolute atomic E-state index is 4.18. The van der Waals surface area contributed by atoms with Gasteiger partial charge in [-0.3, -0.25) is 10.1 Å². The molecule has 1 N–H and O–H groups in total. The van der Waals surface area contributed by atoms with Gasteiger partial charge in [-0.1, -0.05) is 31.7 Å². The van der Waals surface area contributed by atoms with Crippen molar-refractivity contribution in [3.05, 3.63) is 61.1 Å². The van der Waals surface area contributed by atoms with E-state index in [4.69, 9.17) is 0 Å². The number of fused-ring (bicyclic) bond motifs is 1. The maximum atomic E-state index is 4.18. The van der Waals surface area contributed by atoms with Gasteiger partial charge in [0.05, 0.1) is 5.52 Å². The molecule has 0 fully saturated rings. The average Bonchev–Trinajstić information content (AvgIpc) is 2.88. The summed E-state index contributed by atoms with van der Waals surface area (Å²) in [6, 6.07) is 13.9. The summed E-state index contributed by atoms with van der Waals surface area (Å²) in [7, 11) is 0. The molecule has 3 aromatic rings.